The number of rotatable bonds is 7. The van der Waals surface area contributed by atoms with Crippen LogP contribution < -0.4 is 9.46 Å². The van der Waals surface area contributed by atoms with E-state index >= 15 is 0 Å². The molecule has 0 amide bonds. The molecule has 1 aliphatic rings. The lowest BCUT2D eigenvalue weighted by atomic mass is 9.92. The molecule has 0 unspecified atom stereocenters. The fourth-order valence-electron chi connectivity index (χ4n) is 3.46. The Labute approximate surface area is 161 Å². The van der Waals surface area contributed by atoms with Crippen molar-refractivity contribution in [2.75, 3.05) is 13.7 Å². The highest BCUT2D eigenvalue weighted by atomic mass is 32.2. The lowest BCUT2D eigenvalue weighted by molar-refractivity contribution is 0.0657. The van der Waals surface area contributed by atoms with Crippen LogP contribution in [0.25, 0.3) is 0 Å². The molecular formula is C21H27NO4S. The standard InChI is InChI=1S/C21H27NO4S/c1-21(23,14-16-7-10-19(26-2)11-8-16)15-22-27(24,25)20-12-9-17-5-3-4-6-18(17)13-20/h7-13,22-23H,3-6,14-15H2,1-2H3/t21-/m1/s1. The highest BCUT2D eigenvalue weighted by Crippen LogP contribution is 2.24. The summed E-state index contributed by atoms with van der Waals surface area (Å²) in [6.07, 6.45) is 4.53. The Bertz CT molecular complexity index is 889. The topological polar surface area (TPSA) is 75.6 Å². The van der Waals surface area contributed by atoms with Crippen LogP contribution in [-0.2, 0) is 29.3 Å². The zero-order valence-electron chi connectivity index (χ0n) is 15.9. The SMILES string of the molecule is COc1ccc(C[C@@](C)(O)CNS(=O)(=O)c2ccc3c(c2)CCCC3)cc1. The third kappa shape index (κ3) is 5.09. The van der Waals surface area contributed by atoms with Gasteiger partial charge in [-0.25, -0.2) is 13.1 Å². The van der Waals surface area contributed by atoms with Crippen molar-refractivity contribution in [1.29, 1.82) is 0 Å². The van der Waals surface area contributed by atoms with E-state index in [1.807, 2.05) is 30.3 Å². The van der Waals surface area contributed by atoms with Crippen molar-refractivity contribution in [2.24, 2.45) is 0 Å². The Hall–Kier alpha value is -1.89. The highest BCUT2D eigenvalue weighted by Gasteiger charge is 2.25. The second-order valence-electron chi connectivity index (χ2n) is 7.48. The molecule has 5 nitrogen and oxygen atoms in total. The van der Waals surface area contributed by atoms with Crippen LogP contribution in [0.4, 0.5) is 0 Å². The summed E-state index contributed by atoms with van der Waals surface area (Å²) in [5, 5.41) is 10.6. The molecule has 3 rings (SSSR count). The lowest BCUT2D eigenvalue weighted by Gasteiger charge is -2.24. The largest absolute Gasteiger partial charge is 0.497 e. The number of benzene rings is 2. The molecule has 0 bridgehead atoms. The maximum Gasteiger partial charge on any atom is 0.240 e. The van der Waals surface area contributed by atoms with Crippen molar-refractivity contribution >= 4 is 10.0 Å². The average molecular weight is 390 g/mol. The van der Waals surface area contributed by atoms with Crippen molar-refractivity contribution < 1.29 is 18.3 Å². The summed E-state index contributed by atoms with van der Waals surface area (Å²) in [5.74, 6) is 0.742. The Balaban J connectivity index is 1.66. The smallest absolute Gasteiger partial charge is 0.240 e. The van der Waals surface area contributed by atoms with Crippen LogP contribution in [0, 0.1) is 0 Å². The molecule has 0 fully saturated rings. The highest BCUT2D eigenvalue weighted by molar-refractivity contribution is 7.89. The Morgan fingerprint density at radius 2 is 1.74 bits per heavy atom. The van der Waals surface area contributed by atoms with Gasteiger partial charge in [0.15, 0.2) is 0 Å². The first-order valence-corrected chi connectivity index (χ1v) is 10.7. The number of aliphatic hydroxyl groups is 1. The first-order chi connectivity index (χ1) is 12.8. The average Bonchev–Trinajstić information content (AvgIpc) is 2.66. The number of methoxy groups -OCH3 is 1. The predicted molar refractivity (Wildman–Crippen MR) is 106 cm³/mol. The Morgan fingerprint density at radius 3 is 2.41 bits per heavy atom. The number of fused-ring (bicyclic) bond motifs is 1. The van der Waals surface area contributed by atoms with Crippen molar-refractivity contribution in [3.8, 4) is 5.75 Å². The molecule has 1 atom stereocenters. The molecular weight excluding hydrogens is 362 g/mol. The monoisotopic (exact) mass is 389 g/mol. The van der Waals surface area contributed by atoms with Gasteiger partial charge in [-0.1, -0.05) is 18.2 Å². The molecule has 6 heteroatoms. The van der Waals surface area contributed by atoms with Gasteiger partial charge in [-0.05, 0) is 73.6 Å². The third-order valence-electron chi connectivity index (χ3n) is 5.02. The Morgan fingerprint density at radius 1 is 1.07 bits per heavy atom. The maximum atomic E-state index is 12.7. The molecule has 1 aliphatic carbocycles. The molecule has 0 aliphatic heterocycles. The molecule has 2 N–H and O–H groups in total. The van der Waals surface area contributed by atoms with E-state index in [1.165, 1.54) is 5.56 Å². The van der Waals surface area contributed by atoms with Gasteiger partial charge in [0.1, 0.15) is 5.75 Å². The summed E-state index contributed by atoms with van der Waals surface area (Å²) in [4.78, 5) is 0.267. The van der Waals surface area contributed by atoms with Gasteiger partial charge in [0.05, 0.1) is 17.6 Å². The fraction of sp³-hybridized carbons (Fsp3) is 0.429. The fourth-order valence-corrected chi connectivity index (χ4v) is 4.67. The van der Waals surface area contributed by atoms with Crippen LogP contribution in [-0.4, -0.2) is 32.8 Å². The van der Waals surface area contributed by atoms with E-state index in [0.29, 0.717) is 6.42 Å². The summed E-state index contributed by atoms with van der Waals surface area (Å²) >= 11 is 0. The second kappa shape index (κ2) is 8.00. The molecule has 0 aromatic heterocycles. The van der Waals surface area contributed by atoms with E-state index in [9.17, 15) is 13.5 Å². The summed E-state index contributed by atoms with van der Waals surface area (Å²) in [7, 11) is -2.06. The van der Waals surface area contributed by atoms with Gasteiger partial charge >= 0.3 is 0 Å². The molecule has 146 valence electrons. The van der Waals surface area contributed by atoms with Crippen molar-refractivity contribution in [1.82, 2.24) is 4.72 Å². The van der Waals surface area contributed by atoms with Crippen molar-refractivity contribution in [2.45, 2.75) is 49.5 Å². The van der Waals surface area contributed by atoms with Gasteiger partial charge < -0.3 is 9.84 Å². The van der Waals surface area contributed by atoms with Gasteiger partial charge in [0, 0.05) is 13.0 Å². The maximum absolute atomic E-state index is 12.7. The van der Waals surface area contributed by atoms with Crippen molar-refractivity contribution in [3.63, 3.8) is 0 Å². The van der Waals surface area contributed by atoms with Crippen LogP contribution in [0.3, 0.4) is 0 Å². The van der Waals surface area contributed by atoms with Crippen LogP contribution in [0.2, 0.25) is 0 Å². The van der Waals surface area contributed by atoms with Gasteiger partial charge in [0.25, 0.3) is 0 Å². The minimum absolute atomic E-state index is 0.0571. The van der Waals surface area contributed by atoms with E-state index in [0.717, 1.165) is 42.6 Å². The van der Waals surface area contributed by atoms with E-state index < -0.39 is 15.6 Å². The van der Waals surface area contributed by atoms with E-state index in [1.54, 1.807) is 26.2 Å². The first-order valence-electron chi connectivity index (χ1n) is 9.26. The Kier molecular flexibility index (Phi) is 5.89. The summed E-state index contributed by atoms with van der Waals surface area (Å²) < 4.78 is 33.0. The second-order valence-corrected chi connectivity index (χ2v) is 9.25. The van der Waals surface area contributed by atoms with Gasteiger partial charge in [0.2, 0.25) is 10.0 Å². The normalized spacial score (nSPS) is 16.4. The van der Waals surface area contributed by atoms with Gasteiger partial charge in [-0.15, -0.1) is 0 Å². The number of sulfonamides is 1. The lowest BCUT2D eigenvalue weighted by Crippen LogP contribution is -2.42. The number of nitrogens with one attached hydrogen (secondary N) is 1. The van der Waals surface area contributed by atoms with Crippen LogP contribution in [0.1, 0.15) is 36.5 Å². The molecule has 2 aromatic carbocycles. The summed E-state index contributed by atoms with van der Waals surface area (Å²) in [6, 6.07) is 12.7. The van der Waals surface area contributed by atoms with Crippen LogP contribution >= 0.6 is 0 Å². The quantitative estimate of drug-likeness (QED) is 0.764. The molecule has 27 heavy (non-hydrogen) atoms. The summed E-state index contributed by atoms with van der Waals surface area (Å²) in [5.41, 5.74) is 2.07. The number of hydrogen-bond donors (Lipinski definition) is 2. The minimum atomic E-state index is -3.66. The van der Waals surface area contributed by atoms with Gasteiger partial charge in [-0.3, -0.25) is 0 Å². The zero-order valence-corrected chi connectivity index (χ0v) is 16.7. The molecule has 0 spiro atoms. The third-order valence-corrected chi connectivity index (χ3v) is 6.42. The predicted octanol–water partition coefficient (Wildman–Crippen LogP) is 2.85. The minimum Gasteiger partial charge on any atom is -0.497 e. The molecule has 0 heterocycles. The number of hydrogen-bond acceptors (Lipinski definition) is 4. The van der Waals surface area contributed by atoms with E-state index in [4.69, 9.17) is 4.74 Å². The number of ether oxygens (including phenoxy) is 1. The molecule has 0 saturated heterocycles. The van der Waals surface area contributed by atoms with Gasteiger partial charge in [-0.2, -0.15) is 0 Å². The zero-order chi connectivity index (χ0) is 19.5. The van der Waals surface area contributed by atoms with Crippen LogP contribution in [0.15, 0.2) is 47.4 Å². The molecule has 0 radical (unpaired) electrons. The summed E-state index contributed by atoms with van der Waals surface area (Å²) in [6.45, 7) is 1.57. The first kappa shape index (κ1) is 19.9. The molecule has 2 aromatic rings. The van der Waals surface area contributed by atoms with E-state index in [-0.39, 0.29) is 11.4 Å². The molecule has 0 saturated carbocycles. The van der Waals surface area contributed by atoms with Crippen LogP contribution in [0.5, 0.6) is 5.75 Å². The van der Waals surface area contributed by atoms with E-state index in [2.05, 4.69) is 4.72 Å². The van der Waals surface area contributed by atoms with Crippen molar-refractivity contribution in [3.05, 3.63) is 59.2 Å². The number of aryl methyl sites for hydroxylation is 2.